The molecule has 10 aromatic carbocycles. The Kier molecular flexibility index (Phi) is 14.5. The van der Waals surface area contributed by atoms with E-state index in [0.717, 1.165) is 22.2 Å². The molecule has 0 spiro atoms. The van der Waals surface area contributed by atoms with E-state index < -0.39 is 29.5 Å². The molecule has 0 aliphatic rings. The number of aromatic nitrogens is 2. The molecule has 1 heterocycles. The van der Waals surface area contributed by atoms with Crippen LogP contribution < -0.4 is 24.6 Å². The topological polar surface area (TPSA) is 166 Å². The highest BCUT2D eigenvalue weighted by Crippen LogP contribution is 2.37. The molecule has 0 bridgehead atoms. The van der Waals surface area contributed by atoms with Gasteiger partial charge in [0, 0.05) is 12.5 Å². The standard InChI is InChI=1S/C66H52N2O11S3/c1-45-9-33-57(34-10-45)80(70,71)59-37-25-53(26-38-59)76-49-17-11-46(12-18-49)66(2,3)47-13-19-50(20-14-47)77-54-27-41-61(42-28-54)82(74,75)62-43-31-56(32-44-62)79-52-23-21-51(22-24-52)78-55-29-39-60(40-30-55)81(72,73)58-35-15-48(16-36-58)68-64-8-6-5-7-63(64)67(4)65(68)69/h5-44H,1-4H3. The maximum atomic E-state index is 13.7. The molecule has 0 amide bonds. The summed E-state index contributed by atoms with van der Waals surface area (Å²) in [5.74, 6) is 3.94. The van der Waals surface area contributed by atoms with Crippen LogP contribution in [0, 0.1) is 6.92 Å². The molecule has 0 unspecified atom stereocenters. The van der Waals surface area contributed by atoms with E-state index in [1.165, 1.54) is 48.5 Å². The largest absolute Gasteiger partial charge is 0.457 e. The van der Waals surface area contributed by atoms with Crippen molar-refractivity contribution < 1.29 is 44.2 Å². The minimum absolute atomic E-state index is 0.0779. The molecule has 13 nitrogen and oxygen atoms in total. The Labute approximate surface area is 475 Å². The average molecular weight is 1150 g/mol. The van der Waals surface area contributed by atoms with Crippen molar-refractivity contribution in [2.75, 3.05) is 0 Å². The van der Waals surface area contributed by atoms with Gasteiger partial charge in [-0.05, 0) is 212 Å². The molecular formula is C66H52N2O11S3. The number of benzene rings is 10. The van der Waals surface area contributed by atoms with Crippen molar-refractivity contribution in [2.24, 2.45) is 7.05 Å². The summed E-state index contributed by atoms with van der Waals surface area (Å²) in [5.41, 5.74) is 4.47. The van der Waals surface area contributed by atoms with E-state index in [0.29, 0.717) is 57.2 Å². The first-order chi connectivity index (χ1) is 39.3. The monoisotopic (exact) mass is 1140 g/mol. The summed E-state index contributed by atoms with van der Waals surface area (Å²) >= 11 is 0. The SMILES string of the molecule is Cc1ccc(S(=O)(=O)c2ccc(Oc3ccc(C(C)(C)c4ccc(Oc5ccc(S(=O)(=O)c6ccc(Oc7ccc(Oc8ccc(S(=O)(=O)c9ccc(-n%10c(=O)n(C)c%11ccccc%11%10)cc9)cc8)cc7)cc6)cc5)cc4)cc3)cc2)cc1. The summed E-state index contributed by atoms with van der Waals surface area (Å²) in [6.45, 7) is 6.15. The van der Waals surface area contributed by atoms with Gasteiger partial charge in [0.15, 0.2) is 0 Å². The fourth-order valence-electron chi connectivity index (χ4n) is 9.36. The van der Waals surface area contributed by atoms with E-state index >= 15 is 0 Å². The minimum Gasteiger partial charge on any atom is -0.457 e. The van der Waals surface area contributed by atoms with E-state index in [1.54, 1.807) is 138 Å². The van der Waals surface area contributed by atoms with Gasteiger partial charge < -0.3 is 18.9 Å². The second-order valence-corrected chi connectivity index (χ2v) is 25.8. The number of nitrogens with zero attached hydrogens (tertiary/aromatic N) is 2. The van der Waals surface area contributed by atoms with Crippen LogP contribution in [0.4, 0.5) is 0 Å². The normalized spacial score (nSPS) is 12.0. The number of sulfone groups is 3. The number of fused-ring (bicyclic) bond motifs is 1. The first-order valence-corrected chi connectivity index (χ1v) is 30.3. The number of aryl methyl sites for hydroxylation is 2. The first-order valence-electron chi connectivity index (χ1n) is 25.8. The van der Waals surface area contributed by atoms with Crippen LogP contribution in [0.2, 0.25) is 0 Å². The van der Waals surface area contributed by atoms with Crippen LogP contribution in [-0.2, 0) is 42.0 Å². The molecule has 0 saturated heterocycles. The van der Waals surface area contributed by atoms with Gasteiger partial charge in [0.05, 0.1) is 46.1 Å². The quantitative estimate of drug-likeness (QED) is 0.0851. The maximum absolute atomic E-state index is 13.7. The summed E-state index contributed by atoms with van der Waals surface area (Å²) < 4.78 is 108. The molecule has 0 radical (unpaired) electrons. The molecule has 1 aromatic heterocycles. The molecular weight excluding hydrogens is 1090 g/mol. The highest BCUT2D eigenvalue weighted by atomic mass is 32.2. The molecule has 0 aliphatic carbocycles. The lowest BCUT2D eigenvalue weighted by molar-refractivity contribution is 0.469. The third-order valence-corrected chi connectivity index (χ3v) is 19.5. The second-order valence-electron chi connectivity index (χ2n) is 19.9. The van der Waals surface area contributed by atoms with Crippen LogP contribution in [0.1, 0.15) is 30.5 Å². The lowest BCUT2D eigenvalue weighted by Crippen LogP contribution is -2.20. The maximum Gasteiger partial charge on any atom is 0.333 e. The predicted molar refractivity (Wildman–Crippen MR) is 314 cm³/mol. The van der Waals surface area contributed by atoms with Crippen molar-refractivity contribution in [2.45, 2.75) is 55.6 Å². The fraction of sp³-hybridized carbons (Fsp3) is 0.0758. The highest BCUT2D eigenvalue weighted by molar-refractivity contribution is 7.92. The van der Waals surface area contributed by atoms with Gasteiger partial charge in [-0.3, -0.25) is 9.13 Å². The van der Waals surface area contributed by atoms with Crippen LogP contribution in [0.3, 0.4) is 0 Å². The number of ether oxygens (including phenoxy) is 4. The predicted octanol–water partition coefficient (Wildman–Crippen LogP) is 14.6. The van der Waals surface area contributed by atoms with Gasteiger partial charge in [0.25, 0.3) is 0 Å². The van der Waals surface area contributed by atoms with Crippen LogP contribution in [0.5, 0.6) is 46.0 Å². The third kappa shape index (κ3) is 11.1. The first kappa shape index (κ1) is 54.5. The Hall–Kier alpha value is -9.48. The van der Waals surface area contributed by atoms with Gasteiger partial charge in [-0.25, -0.2) is 30.0 Å². The molecule has 11 rings (SSSR count). The summed E-state index contributed by atoms with van der Waals surface area (Å²) in [7, 11) is -9.72. The zero-order chi connectivity index (χ0) is 57.4. The number of hydrogen-bond donors (Lipinski definition) is 0. The molecule has 82 heavy (non-hydrogen) atoms. The van der Waals surface area contributed by atoms with Gasteiger partial charge >= 0.3 is 5.69 Å². The Balaban J connectivity index is 0.656. The summed E-state index contributed by atoms with van der Waals surface area (Å²) in [6.07, 6.45) is 0. The number of hydrogen-bond acceptors (Lipinski definition) is 11. The number of para-hydroxylation sites is 2. The zero-order valence-corrected chi connectivity index (χ0v) is 47.2. The Morgan fingerprint density at radius 3 is 0.878 bits per heavy atom. The Morgan fingerprint density at radius 1 is 0.329 bits per heavy atom. The van der Waals surface area contributed by atoms with Crippen molar-refractivity contribution in [3.63, 3.8) is 0 Å². The summed E-state index contributed by atoms with van der Waals surface area (Å²) in [5, 5.41) is 0. The van der Waals surface area contributed by atoms with E-state index in [-0.39, 0.29) is 40.5 Å². The van der Waals surface area contributed by atoms with E-state index in [9.17, 15) is 30.0 Å². The number of imidazole rings is 1. The van der Waals surface area contributed by atoms with Crippen LogP contribution in [0.15, 0.2) is 277 Å². The van der Waals surface area contributed by atoms with Crippen molar-refractivity contribution in [3.05, 3.63) is 270 Å². The molecule has 0 N–H and O–H groups in total. The third-order valence-electron chi connectivity index (χ3n) is 14.2. The average Bonchev–Trinajstić information content (AvgIpc) is 3.96. The number of rotatable bonds is 17. The van der Waals surface area contributed by atoms with Crippen LogP contribution in [0.25, 0.3) is 16.7 Å². The molecule has 16 heteroatoms. The van der Waals surface area contributed by atoms with Crippen LogP contribution >= 0.6 is 0 Å². The van der Waals surface area contributed by atoms with Gasteiger partial charge in [-0.1, -0.05) is 67.9 Å². The van der Waals surface area contributed by atoms with Gasteiger partial charge in [-0.2, -0.15) is 0 Å². The second kappa shape index (κ2) is 21.9. The highest BCUT2D eigenvalue weighted by Gasteiger charge is 2.25. The van der Waals surface area contributed by atoms with E-state index in [2.05, 4.69) is 13.8 Å². The smallest absolute Gasteiger partial charge is 0.333 e. The van der Waals surface area contributed by atoms with E-state index in [1.807, 2.05) is 79.7 Å². The van der Waals surface area contributed by atoms with Crippen molar-refractivity contribution >= 4 is 40.5 Å². The van der Waals surface area contributed by atoms with Gasteiger partial charge in [0.2, 0.25) is 29.5 Å². The molecule has 0 fully saturated rings. The zero-order valence-electron chi connectivity index (χ0n) is 44.7. The molecule has 0 saturated carbocycles. The molecule has 410 valence electrons. The van der Waals surface area contributed by atoms with Crippen molar-refractivity contribution in [1.82, 2.24) is 9.13 Å². The molecule has 0 aliphatic heterocycles. The van der Waals surface area contributed by atoms with Gasteiger partial charge in [0.1, 0.15) is 46.0 Å². The molecule has 0 atom stereocenters. The fourth-order valence-corrected chi connectivity index (χ4v) is 13.1. The van der Waals surface area contributed by atoms with Crippen molar-refractivity contribution in [1.29, 1.82) is 0 Å². The Bertz CT molecular complexity index is 4530. The Morgan fingerprint density at radius 2 is 0.573 bits per heavy atom. The van der Waals surface area contributed by atoms with E-state index in [4.69, 9.17) is 18.9 Å². The van der Waals surface area contributed by atoms with Crippen molar-refractivity contribution in [3.8, 4) is 51.7 Å². The molecule has 11 aromatic rings. The van der Waals surface area contributed by atoms with Crippen LogP contribution in [-0.4, -0.2) is 34.4 Å². The summed E-state index contributed by atoms with van der Waals surface area (Å²) in [4.78, 5) is 13.8. The lowest BCUT2D eigenvalue weighted by atomic mass is 9.78. The van der Waals surface area contributed by atoms with Gasteiger partial charge in [-0.15, -0.1) is 0 Å². The summed E-state index contributed by atoms with van der Waals surface area (Å²) in [6, 6.07) is 67.4. The lowest BCUT2D eigenvalue weighted by Gasteiger charge is -2.26. The minimum atomic E-state index is -3.88.